The molecule has 1 heterocycles. The maximum atomic E-state index is 13.6. The van der Waals surface area contributed by atoms with Gasteiger partial charge in [-0.25, -0.2) is 13.2 Å². The lowest BCUT2D eigenvalue weighted by atomic mass is 10.2. The van der Waals surface area contributed by atoms with Crippen LogP contribution in [-0.4, -0.2) is 48.2 Å². The van der Waals surface area contributed by atoms with E-state index in [4.69, 9.17) is 14.2 Å². The quantitative estimate of drug-likeness (QED) is 0.513. The second-order valence-electron chi connectivity index (χ2n) is 7.85. The molecule has 3 amide bonds. The number of hydrogen-bond donors (Lipinski definition) is 1. The number of amides is 3. The third-order valence-electron chi connectivity index (χ3n) is 5.66. The number of urea groups is 1. The van der Waals surface area contributed by atoms with Crippen LogP contribution in [0.1, 0.15) is 5.56 Å². The molecule has 0 radical (unpaired) electrons. The summed E-state index contributed by atoms with van der Waals surface area (Å²) in [6.07, 6.45) is 0. The van der Waals surface area contributed by atoms with Crippen molar-refractivity contribution in [1.82, 2.24) is 0 Å². The van der Waals surface area contributed by atoms with Gasteiger partial charge in [-0.05, 0) is 30.7 Å². The Morgan fingerprint density at radius 1 is 0.889 bits per heavy atom. The van der Waals surface area contributed by atoms with Crippen LogP contribution in [0.3, 0.4) is 0 Å². The van der Waals surface area contributed by atoms with Gasteiger partial charge in [0.1, 0.15) is 11.4 Å². The molecule has 4 rings (SSSR count). The first-order chi connectivity index (χ1) is 17.2. The van der Waals surface area contributed by atoms with Gasteiger partial charge in [0.2, 0.25) is 11.7 Å². The van der Waals surface area contributed by atoms with E-state index in [-0.39, 0.29) is 16.3 Å². The zero-order chi connectivity index (χ0) is 26.0. The van der Waals surface area contributed by atoms with E-state index in [2.05, 4.69) is 5.32 Å². The number of nitrogens with zero attached hydrogens (tertiary/aromatic N) is 2. The number of carbonyl (C=O) groups excluding carboxylic acids is 2. The minimum atomic E-state index is -4.20. The molecular formula is C25H25N3O7S. The lowest BCUT2D eigenvalue weighted by molar-refractivity contribution is -0.114. The third kappa shape index (κ3) is 4.29. The van der Waals surface area contributed by atoms with Gasteiger partial charge in [0.15, 0.2) is 11.5 Å². The molecule has 0 saturated heterocycles. The van der Waals surface area contributed by atoms with Gasteiger partial charge in [-0.15, -0.1) is 0 Å². The van der Waals surface area contributed by atoms with Gasteiger partial charge >= 0.3 is 6.03 Å². The molecule has 1 N–H and O–H groups in total. The van der Waals surface area contributed by atoms with E-state index in [9.17, 15) is 18.0 Å². The molecule has 1 aliphatic rings. The molecule has 0 atom stereocenters. The van der Waals surface area contributed by atoms with Gasteiger partial charge in [0.05, 0.1) is 32.7 Å². The first-order valence-corrected chi connectivity index (χ1v) is 12.3. The minimum Gasteiger partial charge on any atom is -0.493 e. The van der Waals surface area contributed by atoms with E-state index in [0.717, 1.165) is 9.21 Å². The number of anilines is 3. The van der Waals surface area contributed by atoms with Crippen molar-refractivity contribution in [3.8, 4) is 17.2 Å². The van der Waals surface area contributed by atoms with Crippen LogP contribution in [0.4, 0.5) is 21.9 Å². The number of methoxy groups -OCH3 is 3. The number of aryl methyl sites for hydroxylation is 1. The fourth-order valence-electron chi connectivity index (χ4n) is 3.99. The molecule has 3 aromatic rings. The third-order valence-corrected chi connectivity index (χ3v) is 7.40. The molecule has 188 valence electrons. The summed E-state index contributed by atoms with van der Waals surface area (Å²) >= 11 is 0. The molecule has 0 spiro atoms. The maximum Gasteiger partial charge on any atom is 0.343 e. The fraction of sp³-hybridized carbons (Fsp3) is 0.200. The second kappa shape index (κ2) is 9.78. The number of rotatable bonds is 7. The first-order valence-electron chi connectivity index (χ1n) is 10.8. The fourth-order valence-corrected chi connectivity index (χ4v) is 5.64. The van der Waals surface area contributed by atoms with Crippen LogP contribution < -0.4 is 28.7 Å². The Balaban J connectivity index is 1.70. The molecule has 0 aliphatic carbocycles. The first kappa shape index (κ1) is 24.9. The van der Waals surface area contributed by atoms with Crippen molar-refractivity contribution in [1.29, 1.82) is 0 Å². The van der Waals surface area contributed by atoms with Gasteiger partial charge < -0.3 is 19.5 Å². The summed E-state index contributed by atoms with van der Waals surface area (Å²) in [5.41, 5.74) is 1.27. The number of nitrogens with one attached hydrogen (secondary N) is 1. The van der Waals surface area contributed by atoms with Crippen molar-refractivity contribution in [3.05, 3.63) is 66.2 Å². The van der Waals surface area contributed by atoms with Gasteiger partial charge in [0, 0.05) is 17.8 Å². The SMILES string of the molecule is COc1cc(NC(=O)CN2C(=O)N(c3ccccc3C)S(=O)(=O)c3ccccc32)cc(OC)c1OC. The van der Waals surface area contributed by atoms with Crippen LogP contribution in [0.2, 0.25) is 0 Å². The van der Waals surface area contributed by atoms with Crippen LogP contribution in [0.5, 0.6) is 17.2 Å². The van der Waals surface area contributed by atoms with Crippen LogP contribution >= 0.6 is 0 Å². The molecule has 0 bridgehead atoms. The maximum absolute atomic E-state index is 13.6. The molecular weight excluding hydrogens is 486 g/mol. The molecule has 0 aromatic heterocycles. The summed E-state index contributed by atoms with van der Waals surface area (Å²) in [6.45, 7) is 1.27. The summed E-state index contributed by atoms with van der Waals surface area (Å²) in [5, 5.41) is 2.71. The van der Waals surface area contributed by atoms with Crippen LogP contribution in [0.15, 0.2) is 65.6 Å². The van der Waals surface area contributed by atoms with Crippen molar-refractivity contribution in [2.75, 3.05) is 42.4 Å². The van der Waals surface area contributed by atoms with E-state index in [1.54, 1.807) is 55.5 Å². The minimum absolute atomic E-state index is 0.0755. The highest BCUT2D eigenvalue weighted by Crippen LogP contribution is 2.40. The summed E-state index contributed by atoms with van der Waals surface area (Å²) in [7, 11) is 0.170. The Labute approximate surface area is 209 Å². The Morgan fingerprint density at radius 3 is 2.06 bits per heavy atom. The number of para-hydroxylation sites is 2. The standard InChI is InChI=1S/C25H25N3O7S/c1-16-9-5-6-10-18(16)28-25(30)27(19-11-7-8-12-22(19)36(28,31)32)15-23(29)26-17-13-20(33-2)24(35-4)21(14-17)34-3/h5-14H,15H2,1-4H3,(H,26,29). The highest BCUT2D eigenvalue weighted by atomic mass is 32.2. The lowest BCUT2D eigenvalue weighted by Crippen LogP contribution is -2.53. The zero-order valence-corrected chi connectivity index (χ0v) is 21.0. The second-order valence-corrected chi connectivity index (χ2v) is 9.61. The summed E-state index contributed by atoms with van der Waals surface area (Å²) in [6, 6.07) is 15.0. The van der Waals surface area contributed by atoms with Crippen LogP contribution in [0.25, 0.3) is 0 Å². The van der Waals surface area contributed by atoms with Gasteiger partial charge in [-0.1, -0.05) is 30.3 Å². The highest BCUT2D eigenvalue weighted by Gasteiger charge is 2.43. The molecule has 10 nitrogen and oxygen atoms in total. The number of sulfonamides is 1. The van der Waals surface area contributed by atoms with Gasteiger partial charge in [-0.2, -0.15) is 4.31 Å². The lowest BCUT2D eigenvalue weighted by Gasteiger charge is -2.36. The van der Waals surface area contributed by atoms with E-state index in [1.807, 2.05) is 0 Å². The van der Waals surface area contributed by atoms with E-state index < -0.39 is 28.5 Å². The normalized spacial score (nSPS) is 14.2. The van der Waals surface area contributed by atoms with Crippen LogP contribution in [0, 0.1) is 6.92 Å². The summed E-state index contributed by atoms with van der Waals surface area (Å²) in [4.78, 5) is 27.7. The molecule has 0 saturated carbocycles. The zero-order valence-electron chi connectivity index (χ0n) is 20.1. The van der Waals surface area contributed by atoms with Crippen molar-refractivity contribution in [2.24, 2.45) is 0 Å². The van der Waals surface area contributed by atoms with Crippen molar-refractivity contribution in [2.45, 2.75) is 11.8 Å². The van der Waals surface area contributed by atoms with Crippen LogP contribution in [-0.2, 0) is 14.8 Å². The molecule has 3 aromatic carbocycles. The predicted molar refractivity (Wildman–Crippen MR) is 135 cm³/mol. The average Bonchev–Trinajstić information content (AvgIpc) is 2.87. The summed E-state index contributed by atoms with van der Waals surface area (Å²) < 4.78 is 43.5. The molecule has 1 aliphatic heterocycles. The number of carbonyl (C=O) groups is 2. The molecule has 36 heavy (non-hydrogen) atoms. The predicted octanol–water partition coefficient (Wildman–Crippen LogP) is 3.79. The Bertz CT molecular complexity index is 1410. The molecule has 0 fully saturated rings. The number of benzene rings is 3. The van der Waals surface area contributed by atoms with Crippen molar-refractivity contribution in [3.63, 3.8) is 0 Å². The largest absolute Gasteiger partial charge is 0.493 e. The topological polar surface area (TPSA) is 114 Å². The van der Waals surface area contributed by atoms with Crippen molar-refractivity contribution >= 4 is 39.0 Å². The molecule has 11 heteroatoms. The highest BCUT2D eigenvalue weighted by molar-refractivity contribution is 7.94. The Kier molecular flexibility index (Phi) is 6.75. The van der Waals surface area contributed by atoms with Gasteiger partial charge in [-0.3, -0.25) is 9.69 Å². The van der Waals surface area contributed by atoms with Crippen molar-refractivity contribution < 1.29 is 32.2 Å². The average molecular weight is 512 g/mol. The monoisotopic (exact) mass is 511 g/mol. The van der Waals surface area contributed by atoms with E-state index in [0.29, 0.717) is 28.5 Å². The number of ether oxygens (including phenoxy) is 3. The Hall–Kier alpha value is -4.25. The summed E-state index contributed by atoms with van der Waals surface area (Å²) in [5.74, 6) is 0.473. The Morgan fingerprint density at radius 2 is 1.47 bits per heavy atom. The molecule has 0 unspecified atom stereocenters. The van der Waals surface area contributed by atoms with E-state index in [1.165, 1.54) is 33.5 Å². The van der Waals surface area contributed by atoms with E-state index >= 15 is 0 Å². The van der Waals surface area contributed by atoms with Gasteiger partial charge in [0.25, 0.3) is 10.0 Å². The smallest absolute Gasteiger partial charge is 0.343 e. The number of fused-ring (bicyclic) bond motifs is 1. The number of hydrogen-bond acceptors (Lipinski definition) is 7.